The van der Waals surface area contributed by atoms with Gasteiger partial charge in [-0.3, -0.25) is 15.0 Å². The van der Waals surface area contributed by atoms with Gasteiger partial charge >= 0.3 is 0 Å². The molecule has 0 bridgehead atoms. The van der Waals surface area contributed by atoms with Crippen LogP contribution in [0.25, 0.3) is 0 Å². The molecule has 0 radical (unpaired) electrons. The van der Waals surface area contributed by atoms with Crippen molar-refractivity contribution < 1.29 is 14.3 Å². The molecule has 0 saturated carbocycles. The second kappa shape index (κ2) is 4.98. The van der Waals surface area contributed by atoms with Crippen molar-refractivity contribution in [2.75, 3.05) is 6.61 Å². The predicted octanol–water partition coefficient (Wildman–Crippen LogP) is -0.132. The molecule has 0 unspecified atom stereocenters. The molecule has 0 aliphatic carbocycles. The van der Waals surface area contributed by atoms with Crippen LogP contribution < -0.4 is 16.0 Å². The standard InChI is InChI=1S/C9H10N2O3/c10-11-9(13)6-14-8-3-1-2-7(4-8)5-12/h1-5H,6,10H2,(H,11,13). The smallest absolute Gasteiger partial charge is 0.271 e. The Morgan fingerprint density at radius 1 is 1.57 bits per heavy atom. The summed E-state index contributed by atoms with van der Waals surface area (Å²) in [6.45, 7) is -0.168. The van der Waals surface area contributed by atoms with E-state index in [-0.39, 0.29) is 6.61 Å². The fourth-order valence-electron chi connectivity index (χ4n) is 0.868. The Hall–Kier alpha value is -1.88. The predicted molar refractivity (Wildman–Crippen MR) is 49.7 cm³/mol. The Kier molecular flexibility index (Phi) is 3.63. The molecule has 1 rings (SSSR count). The monoisotopic (exact) mass is 194 g/mol. The molecule has 0 saturated heterocycles. The lowest BCUT2D eigenvalue weighted by Crippen LogP contribution is -2.34. The number of hydrogen-bond acceptors (Lipinski definition) is 4. The van der Waals surface area contributed by atoms with E-state index in [1.807, 2.05) is 5.43 Å². The number of rotatable bonds is 4. The number of carbonyl (C=O) groups is 2. The van der Waals surface area contributed by atoms with Gasteiger partial charge in [0.1, 0.15) is 12.0 Å². The summed E-state index contributed by atoms with van der Waals surface area (Å²) in [4.78, 5) is 21.1. The zero-order chi connectivity index (χ0) is 10.4. The number of amides is 1. The van der Waals surface area contributed by atoms with Crippen LogP contribution in [0, 0.1) is 0 Å². The largest absolute Gasteiger partial charge is 0.484 e. The fraction of sp³-hybridized carbons (Fsp3) is 0.111. The van der Waals surface area contributed by atoms with Crippen molar-refractivity contribution in [3.05, 3.63) is 29.8 Å². The molecule has 0 aromatic heterocycles. The van der Waals surface area contributed by atoms with Gasteiger partial charge in [-0.2, -0.15) is 0 Å². The lowest BCUT2D eigenvalue weighted by molar-refractivity contribution is -0.123. The van der Waals surface area contributed by atoms with E-state index >= 15 is 0 Å². The molecular weight excluding hydrogens is 184 g/mol. The molecule has 1 aromatic rings. The van der Waals surface area contributed by atoms with Crippen molar-refractivity contribution in [3.63, 3.8) is 0 Å². The molecule has 5 heteroatoms. The summed E-state index contributed by atoms with van der Waals surface area (Å²) in [6, 6.07) is 6.50. The van der Waals surface area contributed by atoms with Gasteiger partial charge in [-0.05, 0) is 12.1 Å². The van der Waals surface area contributed by atoms with Gasteiger partial charge in [-0.25, -0.2) is 5.84 Å². The normalized spacial score (nSPS) is 9.21. The third-order valence-electron chi connectivity index (χ3n) is 1.53. The van der Waals surface area contributed by atoms with E-state index in [9.17, 15) is 9.59 Å². The van der Waals surface area contributed by atoms with Crippen LogP contribution in [0.5, 0.6) is 5.75 Å². The highest BCUT2D eigenvalue weighted by molar-refractivity contribution is 5.77. The highest BCUT2D eigenvalue weighted by Gasteiger charge is 2.00. The fourth-order valence-corrected chi connectivity index (χ4v) is 0.868. The second-order valence-corrected chi connectivity index (χ2v) is 2.55. The first-order chi connectivity index (χ1) is 6.76. The first-order valence-corrected chi connectivity index (χ1v) is 3.93. The Morgan fingerprint density at radius 3 is 3.00 bits per heavy atom. The molecule has 14 heavy (non-hydrogen) atoms. The van der Waals surface area contributed by atoms with Crippen molar-refractivity contribution in [3.8, 4) is 5.75 Å². The Bertz CT molecular complexity index is 339. The molecule has 0 fully saturated rings. The Morgan fingerprint density at radius 2 is 2.36 bits per heavy atom. The van der Waals surface area contributed by atoms with Crippen LogP contribution in [-0.2, 0) is 4.79 Å². The van der Waals surface area contributed by atoms with Crippen molar-refractivity contribution in [2.24, 2.45) is 5.84 Å². The minimum absolute atomic E-state index is 0.168. The molecule has 0 heterocycles. The summed E-state index contributed by atoms with van der Waals surface area (Å²) in [5.41, 5.74) is 2.43. The molecule has 1 aromatic carbocycles. The quantitative estimate of drug-likeness (QED) is 0.303. The SMILES string of the molecule is NNC(=O)COc1cccc(C=O)c1. The van der Waals surface area contributed by atoms with Gasteiger partial charge in [0, 0.05) is 5.56 Å². The van der Waals surface area contributed by atoms with Crippen LogP contribution in [-0.4, -0.2) is 18.8 Å². The minimum atomic E-state index is -0.429. The van der Waals surface area contributed by atoms with E-state index in [0.717, 1.165) is 0 Å². The van der Waals surface area contributed by atoms with Crippen LogP contribution in [0.1, 0.15) is 10.4 Å². The van der Waals surface area contributed by atoms with Gasteiger partial charge < -0.3 is 4.74 Å². The molecule has 0 atom stereocenters. The van der Waals surface area contributed by atoms with Crippen molar-refractivity contribution in [2.45, 2.75) is 0 Å². The zero-order valence-corrected chi connectivity index (χ0v) is 7.40. The molecule has 1 amide bonds. The summed E-state index contributed by atoms with van der Waals surface area (Å²) < 4.78 is 5.05. The first kappa shape index (κ1) is 10.2. The topological polar surface area (TPSA) is 81.4 Å². The number of hydrogen-bond donors (Lipinski definition) is 2. The molecule has 0 aliphatic rings. The van der Waals surface area contributed by atoms with Crippen molar-refractivity contribution in [1.82, 2.24) is 5.43 Å². The number of nitrogens with one attached hydrogen (secondary N) is 1. The summed E-state index contributed by atoms with van der Waals surface area (Å²) in [5, 5.41) is 0. The van der Waals surface area contributed by atoms with Crippen LogP contribution in [0.3, 0.4) is 0 Å². The third kappa shape index (κ3) is 2.87. The number of ether oxygens (including phenoxy) is 1. The van der Waals surface area contributed by atoms with Crippen molar-refractivity contribution in [1.29, 1.82) is 0 Å². The molecule has 0 spiro atoms. The maximum atomic E-state index is 10.7. The van der Waals surface area contributed by atoms with Gasteiger partial charge in [0.2, 0.25) is 0 Å². The number of carbonyl (C=O) groups excluding carboxylic acids is 2. The van der Waals surface area contributed by atoms with Gasteiger partial charge in [0.05, 0.1) is 0 Å². The third-order valence-corrected chi connectivity index (χ3v) is 1.53. The van der Waals surface area contributed by atoms with Crippen LogP contribution in [0.4, 0.5) is 0 Å². The summed E-state index contributed by atoms with van der Waals surface area (Å²) in [7, 11) is 0. The minimum Gasteiger partial charge on any atom is -0.484 e. The number of aldehydes is 1. The van der Waals surface area contributed by atoms with Crippen LogP contribution in [0.15, 0.2) is 24.3 Å². The number of nitrogens with two attached hydrogens (primary N) is 1. The van der Waals surface area contributed by atoms with E-state index in [2.05, 4.69) is 0 Å². The second-order valence-electron chi connectivity index (χ2n) is 2.55. The number of hydrazine groups is 1. The lowest BCUT2D eigenvalue weighted by Gasteiger charge is -2.04. The van der Waals surface area contributed by atoms with E-state index < -0.39 is 5.91 Å². The maximum absolute atomic E-state index is 10.7. The zero-order valence-electron chi connectivity index (χ0n) is 7.40. The van der Waals surface area contributed by atoms with Gasteiger partial charge in [0.25, 0.3) is 5.91 Å². The van der Waals surface area contributed by atoms with E-state index in [4.69, 9.17) is 10.6 Å². The van der Waals surface area contributed by atoms with Crippen LogP contribution >= 0.6 is 0 Å². The van der Waals surface area contributed by atoms with Gasteiger partial charge in [0.15, 0.2) is 6.61 Å². The van der Waals surface area contributed by atoms with Crippen molar-refractivity contribution >= 4 is 12.2 Å². The summed E-state index contributed by atoms with van der Waals surface area (Å²) in [5.74, 6) is 4.88. The Labute approximate surface area is 80.8 Å². The average Bonchev–Trinajstić information content (AvgIpc) is 2.26. The lowest BCUT2D eigenvalue weighted by atomic mass is 10.2. The first-order valence-electron chi connectivity index (χ1n) is 3.93. The van der Waals surface area contributed by atoms with Crippen LogP contribution in [0.2, 0.25) is 0 Å². The average molecular weight is 194 g/mol. The van der Waals surface area contributed by atoms with E-state index in [0.29, 0.717) is 17.6 Å². The van der Waals surface area contributed by atoms with Gasteiger partial charge in [-0.15, -0.1) is 0 Å². The molecule has 3 N–H and O–H groups in total. The molecular formula is C9H10N2O3. The highest BCUT2D eigenvalue weighted by Crippen LogP contribution is 2.11. The summed E-state index contributed by atoms with van der Waals surface area (Å²) in [6.07, 6.45) is 0.704. The van der Waals surface area contributed by atoms with Gasteiger partial charge in [-0.1, -0.05) is 12.1 Å². The molecule has 5 nitrogen and oxygen atoms in total. The summed E-state index contributed by atoms with van der Waals surface area (Å²) >= 11 is 0. The molecule has 74 valence electrons. The maximum Gasteiger partial charge on any atom is 0.271 e. The number of benzene rings is 1. The Balaban J connectivity index is 2.58. The van der Waals surface area contributed by atoms with E-state index in [1.54, 1.807) is 18.2 Å². The van der Waals surface area contributed by atoms with E-state index in [1.165, 1.54) is 6.07 Å². The molecule has 0 aliphatic heterocycles. The highest BCUT2D eigenvalue weighted by atomic mass is 16.5.